The third-order valence-electron chi connectivity index (χ3n) is 9.60. The Balaban J connectivity index is 2.36. The van der Waals surface area contributed by atoms with Gasteiger partial charge in [-0.05, 0) is 83.5 Å². The van der Waals surface area contributed by atoms with E-state index < -0.39 is 32.5 Å². The number of quaternary nitrogens is 1. The predicted molar refractivity (Wildman–Crippen MR) is 240 cm³/mol. The summed E-state index contributed by atoms with van der Waals surface area (Å²) in [6.07, 6.45) is 46.9. The highest BCUT2D eigenvalue weighted by atomic mass is 31.2. The molecule has 1 rings (SSSR count). The molecule has 0 amide bonds. The zero-order valence-electron chi connectivity index (χ0n) is 37.6. The van der Waals surface area contributed by atoms with Crippen LogP contribution >= 0.6 is 7.82 Å². The summed E-state index contributed by atoms with van der Waals surface area (Å²) in [4.78, 5) is 37.6. The largest absolute Gasteiger partial charge is 0.756 e. The van der Waals surface area contributed by atoms with E-state index in [2.05, 4.69) is 80.7 Å². The lowest BCUT2D eigenvalue weighted by molar-refractivity contribution is -0.870. The molecule has 0 N–H and O–H groups in total. The summed E-state index contributed by atoms with van der Waals surface area (Å²) in [5, 5.41) is 0. The van der Waals surface area contributed by atoms with Crippen molar-refractivity contribution in [2.45, 2.75) is 173 Å². The Bertz CT molecular complexity index is 1300. The molecule has 4 atom stereocenters. The molecule has 1 fully saturated rings. The van der Waals surface area contributed by atoms with Gasteiger partial charge < -0.3 is 32.6 Å². The topological polar surface area (TPSA) is 124 Å². The lowest BCUT2D eigenvalue weighted by Gasteiger charge is -2.28. The number of carbonyl (C=O) groups excluding carboxylic acids is 2. The van der Waals surface area contributed by atoms with Crippen LogP contribution < -0.4 is 4.89 Å². The maximum atomic E-state index is 12.7. The summed E-state index contributed by atoms with van der Waals surface area (Å²) < 4.78 is 39.6. The number of ether oxygens (including phenoxy) is 3. The van der Waals surface area contributed by atoms with Crippen LogP contribution in [0.4, 0.5) is 0 Å². The van der Waals surface area contributed by atoms with Gasteiger partial charge in [-0.3, -0.25) is 14.2 Å². The fourth-order valence-electron chi connectivity index (χ4n) is 5.88. The van der Waals surface area contributed by atoms with Crippen LogP contribution in [0.25, 0.3) is 0 Å². The summed E-state index contributed by atoms with van der Waals surface area (Å²) in [5.74, 6) is -0.974. The van der Waals surface area contributed by atoms with Gasteiger partial charge in [-0.1, -0.05) is 132 Å². The molecule has 1 heterocycles. The average molecular weight is 848 g/mol. The van der Waals surface area contributed by atoms with Crippen LogP contribution in [0.5, 0.6) is 0 Å². The van der Waals surface area contributed by atoms with Crippen molar-refractivity contribution < 1.29 is 46.8 Å². The minimum Gasteiger partial charge on any atom is -0.756 e. The molecule has 0 saturated carbocycles. The van der Waals surface area contributed by atoms with E-state index in [-0.39, 0.29) is 26.1 Å². The van der Waals surface area contributed by atoms with Crippen LogP contribution in [-0.2, 0) is 37.4 Å². The zero-order valence-corrected chi connectivity index (χ0v) is 38.5. The number of esters is 2. The molecule has 59 heavy (non-hydrogen) atoms. The van der Waals surface area contributed by atoms with E-state index in [9.17, 15) is 19.0 Å². The van der Waals surface area contributed by atoms with Gasteiger partial charge in [0.15, 0.2) is 6.10 Å². The number of likely N-dealkylation sites (N-methyl/N-ethyl adjacent to an activating group) is 1. The first-order valence-electron chi connectivity index (χ1n) is 22.8. The Morgan fingerprint density at radius 1 is 0.610 bits per heavy atom. The van der Waals surface area contributed by atoms with Crippen LogP contribution in [0.15, 0.2) is 72.9 Å². The first-order valence-corrected chi connectivity index (χ1v) is 24.2. The number of hydrogen-bond acceptors (Lipinski definition) is 9. The molecule has 0 radical (unpaired) electrons. The van der Waals surface area contributed by atoms with Gasteiger partial charge in [-0.25, -0.2) is 0 Å². The molecule has 10 nitrogen and oxygen atoms in total. The number of unbranched alkanes of at least 4 members (excludes halogenated alkanes) is 11. The Morgan fingerprint density at radius 2 is 1.07 bits per heavy atom. The summed E-state index contributed by atoms with van der Waals surface area (Å²) in [6.45, 7) is 4.04. The summed E-state index contributed by atoms with van der Waals surface area (Å²) >= 11 is 0. The normalized spacial score (nSPS) is 17.7. The van der Waals surface area contributed by atoms with Crippen molar-refractivity contribution in [3.05, 3.63) is 72.9 Å². The lowest BCUT2D eigenvalue weighted by atomic mass is 10.1. The third-order valence-corrected chi connectivity index (χ3v) is 10.6. The first kappa shape index (κ1) is 54.4. The van der Waals surface area contributed by atoms with Gasteiger partial charge in [0.2, 0.25) is 0 Å². The van der Waals surface area contributed by atoms with Crippen molar-refractivity contribution in [3.63, 3.8) is 0 Å². The average Bonchev–Trinajstić information content (AvgIpc) is 3.94. The Morgan fingerprint density at radius 3 is 1.66 bits per heavy atom. The summed E-state index contributed by atoms with van der Waals surface area (Å²) in [7, 11) is 1.09. The Kier molecular flexibility index (Phi) is 33.3. The second-order valence-electron chi connectivity index (χ2n) is 16.4. The van der Waals surface area contributed by atoms with Crippen LogP contribution in [0.2, 0.25) is 0 Å². The number of epoxide rings is 1. The number of phosphoric ester groups is 1. The van der Waals surface area contributed by atoms with Crippen molar-refractivity contribution in [3.8, 4) is 0 Å². The fraction of sp³-hybridized carbons (Fsp3) is 0.708. The van der Waals surface area contributed by atoms with Gasteiger partial charge in [-0.2, -0.15) is 0 Å². The van der Waals surface area contributed by atoms with Gasteiger partial charge in [0, 0.05) is 12.8 Å². The van der Waals surface area contributed by atoms with Crippen LogP contribution in [-0.4, -0.2) is 82.2 Å². The van der Waals surface area contributed by atoms with Crippen molar-refractivity contribution in [1.29, 1.82) is 0 Å². The van der Waals surface area contributed by atoms with Crippen LogP contribution in [0.3, 0.4) is 0 Å². The number of carbonyl (C=O) groups is 2. The van der Waals surface area contributed by atoms with Crippen molar-refractivity contribution in [1.82, 2.24) is 0 Å². The molecule has 0 bridgehead atoms. The van der Waals surface area contributed by atoms with E-state index in [0.717, 1.165) is 51.4 Å². The van der Waals surface area contributed by atoms with E-state index in [1.165, 1.54) is 57.8 Å². The van der Waals surface area contributed by atoms with Crippen molar-refractivity contribution >= 4 is 19.8 Å². The molecule has 1 aliphatic heterocycles. The fourth-order valence-corrected chi connectivity index (χ4v) is 6.61. The lowest BCUT2D eigenvalue weighted by Crippen LogP contribution is -2.37. The SMILES string of the molecule is CCCCC/C=C\CC1OC1C/C=C\C/C=C\CCCC(=O)O[C@H](COC(=O)CCC/C=C\C/C=C\C/C=C\CCCCCCCC)COP(=O)([O-])OCC[N+](C)(C)C. The standard InChI is InChI=1S/C48H82NO9P/c1-6-8-10-12-14-15-16-17-18-19-20-21-22-23-26-30-34-38-47(50)54-42-44(43-56-59(52,53)55-41-40-49(3,4)5)57-48(51)39-35-31-27-24-25-29-33-37-46-45(58-46)36-32-28-13-11-9-7-2/h17-18,20-21,23-24,26-29,32-33,44-46H,6-16,19,22,25,30-31,34-43H2,1-5H3/b18-17-,21-20-,26-23-,27-24-,32-28-,33-29-/t44-,45?,46?/m1/s1. The van der Waals surface area contributed by atoms with E-state index in [0.29, 0.717) is 42.5 Å². The molecule has 0 aliphatic carbocycles. The molecular weight excluding hydrogens is 766 g/mol. The van der Waals surface area contributed by atoms with Gasteiger partial charge in [0.1, 0.15) is 19.8 Å². The van der Waals surface area contributed by atoms with Crippen LogP contribution in [0.1, 0.15) is 155 Å². The molecule has 1 aliphatic rings. The Labute approximate surface area is 359 Å². The number of allylic oxidation sites excluding steroid dienone is 10. The predicted octanol–water partition coefficient (Wildman–Crippen LogP) is 11.4. The number of nitrogens with zero attached hydrogens (tertiary/aromatic N) is 1. The minimum absolute atomic E-state index is 0.0546. The number of phosphoric acid groups is 1. The highest BCUT2D eigenvalue weighted by Crippen LogP contribution is 2.38. The molecule has 3 unspecified atom stereocenters. The molecule has 0 aromatic heterocycles. The minimum atomic E-state index is -4.66. The smallest absolute Gasteiger partial charge is 0.306 e. The summed E-state index contributed by atoms with van der Waals surface area (Å²) in [6, 6.07) is 0. The maximum absolute atomic E-state index is 12.7. The summed E-state index contributed by atoms with van der Waals surface area (Å²) in [5.41, 5.74) is 0. The van der Waals surface area contributed by atoms with E-state index in [1.807, 2.05) is 27.2 Å². The third kappa shape index (κ3) is 36.9. The Hall–Kier alpha value is -2.59. The molecule has 338 valence electrons. The van der Waals surface area contributed by atoms with Crippen molar-refractivity contribution in [2.75, 3.05) is 47.5 Å². The van der Waals surface area contributed by atoms with E-state index in [1.54, 1.807) is 0 Å². The number of hydrogen-bond donors (Lipinski definition) is 0. The van der Waals surface area contributed by atoms with Gasteiger partial charge in [0.25, 0.3) is 7.82 Å². The first-order chi connectivity index (χ1) is 28.5. The van der Waals surface area contributed by atoms with Crippen LogP contribution in [0, 0.1) is 0 Å². The monoisotopic (exact) mass is 848 g/mol. The highest BCUT2D eigenvalue weighted by molar-refractivity contribution is 7.45. The van der Waals surface area contributed by atoms with Crippen molar-refractivity contribution in [2.24, 2.45) is 0 Å². The quantitative estimate of drug-likeness (QED) is 0.0148. The molecule has 0 aromatic carbocycles. The molecule has 1 saturated heterocycles. The van der Waals surface area contributed by atoms with Gasteiger partial charge in [0.05, 0.1) is 40.0 Å². The van der Waals surface area contributed by atoms with Gasteiger partial charge in [-0.15, -0.1) is 0 Å². The maximum Gasteiger partial charge on any atom is 0.306 e. The number of rotatable bonds is 39. The van der Waals surface area contributed by atoms with E-state index >= 15 is 0 Å². The van der Waals surface area contributed by atoms with E-state index in [4.69, 9.17) is 23.3 Å². The second kappa shape index (κ2) is 36.1. The molecule has 11 heteroatoms. The highest BCUT2D eigenvalue weighted by Gasteiger charge is 2.36. The molecule has 0 spiro atoms. The molecule has 0 aromatic rings. The van der Waals surface area contributed by atoms with Gasteiger partial charge >= 0.3 is 11.9 Å². The molecular formula is C48H82NO9P. The second-order valence-corrected chi connectivity index (χ2v) is 17.9. The zero-order chi connectivity index (χ0) is 43.3.